The highest BCUT2D eigenvalue weighted by Crippen LogP contribution is 2.39. The molecule has 0 radical (unpaired) electrons. The summed E-state index contributed by atoms with van der Waals surface area (Å²) in [6.45, 7) is 0. The van der Waals surface area contributed by atoms with Gasteiger partial charge < -0.3 is 10.5 Å². The molecular formula is C9H7BrClNO2. The van der Waals surface area contributed by atoms with Crippen molar-refractivity contribution in [1.82, 2.24) is 0 Å². The Morgan fingerprint density at radius 1 is 1.57 bits per heavy atom. The van der Waals surface area contributed by atoms with Gasteiger partial charge >= 0.3 is 5.97 Å². The fourth-order valence-electron chi connectivity index (χ4n) is 1.41. The molecule has 0 spiro atoms. The van der Waals surface area contributed by atoms with Gasteiger partial charge in [0.15, 0.2) is 5.75 Å². The summed E-state index contributed by atoms with van der Waals surface area (Å²) in [7, 11) is 0. The number of hydrogen-bond donors (Lipinski definition) is 1. The van der Waals surface area contributed by atoms with Gasteiger partial charge in [0.25, 0.3) is 0 Å². The van der Waals surface area contributed by atoms with E-state index in [2.05, 4.69) is 15.9 Å². The maximum atomic E-state index is 11.1. The molecule has 0 bridgehead atoms. The molecular weight excluding hydrogens is 269 g/mol. The van der Waals surface area contributed by atoms with E-state index >= 15 is 0 Å². The van der Waals surface area contributed by atoms with E-state index < -0.39 is 0 Å². The van der Waals surface area contributed by atoms with Crippen LogP contribution >= 0.6 is 27.5 Å². The number of carbonyl (C=O) groups excluding carboxylic acids is 1. The van der Waals surface area contributed by atoms with Crippen molar-refractivity contribution in [2.75, 3.05) is 0 Å². The molecule has 1 aliphatic heterocycles. The Labute approximate surface area is 94.3 Å². The lowest BCUT2D eigenvalue weighted by atomic mass is 10.0. The van der Waals surface area contributed by atoms with Gasteiger partial charge in [0.2, 0.25) is 0 Å². The summed E-state index contributed by atoms with van der Waals surface area (Å²) in [6.07, 6.45) is 0.194. The molecule has 1 atom stereocenters. The van der Waals surface area contributed by atoms with Crippen LogP contribution in [0.2, 0.25) is 5.02 Å². The fraction of sp³-hybridized carbons (Fsp3) is 0.222. The van der Waals surface area contributed by atoms with Crippen molar-refractivity contribution in [1.29, 1.82) is 0 Å². The molecule has 1 aromatic rings. The minimum atomic E-state index is -0.339. The van der Waals surface area contributed by atoms with E-state index in [1.165, 1.54) is 0 Å². The highest BCUT2D eigenvalue weighted by molar-refractivity contribution is 9.10. The molecule has 0 saturated carbocycles. The van der Waals surface area contributed by atoms with E-state index in [0.29, 0.717) is 10.8 Å². The van der Waals surface area contributed by atoms with E-state index in [9.17, 15) is 4.79 Å². The first kappa shape index (κ1) is 9.96. The standard InChI is InChI=1S/C9H7BrClNO2/c10-4-1-5-7(12)3-8(13)14-9(5)6(11)2-4/h1-2,7H,3,12H2. The first-order chi connectivity index (χ1) is 6.58. The molecule has 0 aromatic heterocycles. The first-order valence-electron chi connectivity index (χ1n) is 4.03. The number of ether oxygens (including phenoxy) is 1. The number of esters is 1. The highest BCUT2D eigenvalue weighted by atomic mass is 79.9. The molecule has 0 aliphatic carbocycles. The molecule has 2 N–H and O–H groups in total. The molecule has 0 saturated heterocycles. The van der Waals surface area contributed by atoms with Crippen LogP contribution in [-0.2, 0) is 4.79 Å². The van der Waals surface area contributed by atoms with Crippen LogP contribution in [0.5, 0.6) is 5.75 Å². The zero-order valence-corrected chi connectivity index (χ0v) is 9.43. The van der Waals surface area contributed by atoms with E-state index in [4.69, 9.17) is 22.1 Å². The molecule has 0 fully saturated rings. The number of nitrogens with two attached hydrogens (primary N) is 1. The number of hydrogen-bond acceptors (Lipinski definition) is 3. The Kier molecular flexibility index (Phi) is 2.51. The van der Waals surface area contributed by atoms with E-state index in [-0.39, 0.29) is 18.4 Å². The maximum absolute atomic E-state index is 11.1. The second-order valence-electron chi connectivity index (χ2n) is 3.09. The van der Waals surface area contributed by atoms with Crippen LogP contribution in [0.1, 0.15) is 18.0 Å². The fourth-order valence-corrected chi connectivity index (χ4v) is 2.28. The summed E-state index contributed by atoms with van der Waals surface area (Å²) in [5.41, 5.74) is 6.56. The second kappa shape index (κ2) is 3.53. The molecule has 14 heavy (non-hydrogen) atoms. The third-order valence-electron chi connectivity index (χ3n) is 2.04. The van der Waals surface area contributed by atoms with Crippen LogP contribution in [0.15, 0.2) is 16.6 Å². The summed E-state index contributed by atoms with van der Waals surface area (Å²) in [6, 6.07) is 3.16. The number of carbonyl (C=O) groups is 1. The molecule has 1 unspecified atom stereocenters. The third kappa shape index (κ3) is 1.65. The van der Waals surface area contributed by atoms with Crippen LogP contribution in [0.3, 0.4) is 0 Å². The molecule has 74 valence electrons. The molecule has 1 aromatic carbocycles. The SMILES string of the molecule is NC1CC(=O)Oc2c(Cl)cc(Br)cc21. The van der Waals surface area contributed by atoms with Crippen molar-refractivity contribution in [3.8, 4) is 5.75 Å². The van der Waals surface area contributed by atoms with Crippen molar-refractivity contribution in [2.45, 2.75) is 12.5 Å². The summed E-state index contributed by atoms with van der Waals surface area (Å²) in [5.74, 6) is 0.0489. The van der Waals surface area contributed by atoms with Gasteiger partial charge in [-0.3, -0.25) is 4.79 Å². The largest absolute Gasteiger partial charge is 0.425 e. The summed E-state index contributed by atoms with van der Waals surface area (Å²) < 4.78 is 5.84. The minimum absolute atomic E-state index is 0.194. The van der Waals surface area contributed by atoms with E-state index in [0.717, 1.165) is 10.0 Å². The Hall–Kier alpha value is -0.580. The van der Waals surface area contributed by atoms with Gasteiger partial charge in [-0.1, -0.05) is 27.5 Å². The summed E-state index contributed by atoms with van der Waals surface area (Å²) in [5, 5.41) is 0.401. The van der Waals surface area contributed by atoms with E-state index in [1.807, 2.05) is 6.07 Å². The Balaban J connectivity index is 2.58. The third-order valence-corrected chi connectivity index (χ3v) is 2.78. The van der Waals surface area contributed by atoms with Gasteiger partial charge in [-0.05, 0) is 12.1 Å². The number of halogens is 2. The number of fused-ring (bicyclic) bond motifs is 1. The van der Waals surface area contributed by atoms with E-state index in [1.54, 1.807) is 6.07 Å². The molecule has 1 aliphatic rings. The van der Waals surface area contributed by atoms with Gasteiger partial charge in [-0.25, -0.2) is 0 Å². The Bertz CT molecular complexity index is 408. The second-order valence-corrected chi connectivity index (χ2v) is 4.41. The smallest absolute Gasteiger partial charge is 0.313 e. The van der Waals surface area contributed by atoms with Crippen LogP contribution in [0, 0.1) is 0 Å². The number of benzene rings is 1. The predicted molar refractivity (Wildman–Crippen MR) is 56.3 cm³/mol. The van der Waals surface area contributed by atoms with Crippen molar-refractivity contribution in [3.05, 3.63) is 27.2 Å². The summed E-state index contributed by atoms with van der Waals surface area (Å²) >= 11 is 9.22. The highest BCUT2D eigenvalue weighted by Gasteiger charge is 2.26. The van der Waals surface area contributed by atoms with Crippen molar-refractivity contribution >= 4 is 33.5 Å². The lowest BCUT2D eigenvalue weighted by Gasteiger charge is -2.22. The molecule has 1 heterocycles. The van der Waals surface area contributed by atoms with Gasteiger partial charge in [-0.15, -0.1) is 0 Å². The Morgan fingerprint density at radius 2 is 2.29 bits per heavy atom. The van der Waals surface area contributed by atoms with Gasteiger partial charge in [-0.2, -0.15) is 0 Å². The summed E-state index contributed by atoms with van der Waals surface area (Å²) in [4.78, 5) is 11.1. The van der Waals surface area contributed by atoms with Gasteiger partial charge in [0.05, 0.1) is 11.4 Å². The minimum Gasteiger partial charge on any atom is -0.425 e. The van der Waals surface area contributed by atoms with Crippen molar-refractivity contribution in [3.63, 3.8) is 0 Å². The van der Waals surface area contributed by atoms with Crippen molar-refractivity contribution in [2.24, 2.45) is 5.73 Å². The monoisotopic (exact) mass is 275 g/mol. The number of rotatable bonds is 0. The Morgan fingerprint density at radius 3 is 3.00 bits per heavy atom. The lowest BCUT2D eigenvalue weighted by Crippen LogP contribution is -2.25. The average Bonchev–Trinajstić information content (AvgIpc) is 2.07. The van der Waals surface area contributed by atoms with Crippen LogP contribution < -0.4 is 10.5 Å². The van der Waals surface area contributed by atoms with Crippen LogP contribution in [0.4, 0.5) is 0 Å². The first-order valence-corrected chi connectivity index (χ1v) is 5.20. The normalized spacial score (nSPS) is 20.2. The van der Waals surface area contributed by atoms with Gasteiger partial charge in [0.1, 0.15) is 0 Å². The van der Waals surface area contributed by atoms with Crippen LogP contribution in [0.25, 0.3) is 0 Å². The molecule has 2 rings (SSSR count). The lowest BCUT2D eigenvalue weighted by molar-refractivity contribution is -0.135. The molecule has 3 nitrogen and oxygen atoms in total. The molecule has 5 heteroatoms. The average molecular weight is 277 g/mol. The van der Waals surface area contributed by atoms with Gasteiger partial charge in [0, 0.05) is 16.1 Å². The molecule has 0 amide bonds. The van der Waals surface area contributed by atoms with Crippen LogP contribution in [-0.4, -0.2) is 5.97 Å². The van der Waals surface area contributed by atoms with Crippen molar-refractivity contribution < 1.29 is 9.53 Å². The quantitative estimate of drug-likeness (QED) is 0.585. The predicted octanol–water partition coefficient (Wildman–Crippen LogP) is 2.41. The topological polar surface area (TPSA) is 52.3 Å². The zero-order chi connectivity index (χ0) is 10.3. The zero-order valence-electron chi connectivity index (χ0n) is 7.09. The maximum Gasteiger partial charge on any atom is 0.313 e.